The number of piperazine rings is 1. The van der Waals surface area contributed by atoms with E-state index >= 15 is 0 Å². The zero-order valence-electron chi connectivity index (χ0n) is 14.7. The molecule has 2 aromatic rings. The minimum Gasteiger partial charge on any atom is -0.368 e. The van der Waals surface area contributed by atoms with E-state index in [1.807, 2.05) is 4.90 Å². The van der Waals surface area contributed by atoms with Gasteiger partial charge in [0, 0.05) is 37.6 Å². The third-order valence-electron chi connectivity index (χ3n) is 4.40. The Balaban J connectivity index is 1.57. The third kappa shape index (κ3) is 4.59. The van der Waals surface area contributed by atoms with E-state index in [0.29, 0.717) is 13.1 Å². The van der Waals surface area contributed by atoms with E-state index in [9.17, 15) is 27.2 Å². The summed E-state index contributed by atoms with van der Waals surface area (Å²) in [5, 5.41) is 2.22. The van der Waals surface area contributed by atoms with Crippen LogP contribution in [0, 0.1) is 5.82 Å². The van der Waals surface area contributed by atoms with E-state index < -0.39 is 23.6 Å². The second-order valence-corrected chi connectivity index (χ2v) is 6.29. The topological polar surface area (TPSA) is 52.7 Å². The molecule has 0 aliphatic carbocycles. The van der Waals surface area contributed by atoms with Crippen LogP contribution in [0.1, 0.15) is 5.56 Å². The van der Waals surface area contributed by atoms with Crippen LogP contribution >= 0.6 is 0 Å². The van der Waals surface area contributed by atoms with Crippen LogP contribution in [-0.4, -0.2) is 42.9 Å². The Morgan fingerprint density at radius 2 is 1.57 bits per heavy atom. The summed E-state index contributed by atoms with van der Waals surface area (Å²) in [6, 6.07) is 10.0. The lowest BCUT2D eigenvalue weighted by Crippen LogP contribution is -2.51. The van der Waals surface area contributed by atoms with Gasteiger partial charge in [-0.25, -0.2) is 4.39 Å². The molecule has 1 N–H and O–H groups in total. The number of anilines is 2. The monoisotopic (exact) mass is 395 g/mol. The summed E-state index contributed by atoms with van der Waals surface area (Å²) < 4.78 is 51.2. The predicted octanol–water partition coefficient (Wildman–Crippen LogP) is 3.13. The average molecular weight is 395 g/mol. The van der Waals surface area contributed by atoms with E-state index in [1.165, 1.54) is 23.1 Å². The summed E-state index contributed by atoms with van der Waals surface area (Å²) in [6.07, 6.45) is -4.54. The van der Waals surface area contributed by atoms with Gasteiger partial charge in [0.25, 0.3) is 0 Å². The van der Waals surface area contributed by atoms with Gasteiger partial charge in [-0.15, -0.1) is 0 Å². The molecule has 148 valence electrons. The second-order valence-electron chi connectivity index (χ2n) is 6.29. The molecule has 1 fully saturated rings. The molecule has 0 bridgehead atoms. The van der Waals surface area contributed by atoms with Crippen LogP contribution in [0.2, 0.25) is 0 Å². The lowest BCUT2D eigenvalue weighted by Gasteiger charge is -2.35. The Bertz CT molecular complexity index is 860. The van der Waals surface area contributed by atoms with Crippen LogP contribution in [0.3, 0.4) is 0 Å². The Kier molecular flexibility index (Phi) is 5.53. The molecule has 9 heteroatoms. The summed E-state index contributed by atoms with van der Waals surface area (Å²) in [4.78, 5) is 27.7. The largest absolute Gasteiger partial charge is 0.416 e. The summed E-state index contributed by atoms with van der Waals surface area (Å²) in [5.41, 5.74) is -0.203. The second kappa shape index (κ2) is 7.87. The molecule has 0 atom stereocenters. The molecule has 1 heterocycles. The van der Waals surface area contributed by atoms with E-state index in [2.05, 4.69) is 5.32 Å². The number of carbonyl (C=O) groups excluding carboxylic acids is 2. The maximum Gasteiger partial charge on any atom is 0.416 e. The van der Waals surface area contributed by atoms with Crippen LogP contribution in [0.15, 0.2) is 48.5 Å². The molecule has 2 amide bonds. The van der Waals surface area contributed by atoms with Crippen molar-refractivity contribution >= 4 is 23.2 Å². The molecular formula is C19H17F4N3O2. The quantitative estimate of drug-likeness (QED) is 0.628. The van der Waals surface area contributed by atoms with Gasteiger partial charge in [0.2, 0.25) is 0 Å². The lowest BCUT2D eigenvalue weighted by atomic mass is 10.2. The Morgan fingerprint density at radius 1 is 0.929 bits per heavy atom. The first-order valence-corrected chi connectivity index (χ1v) is 8.52. The minimum atomic E-state index is -4.54. The van der Waals surface area contributed by atoms with Crippen molar-refractivity contribution in [2.75, 3.05) is 36.4 Å². The SMILES string of the molecule is O=C(Nc1cccc(C(F)(F)F)c1)C(=O)N1CCN(c2ccc(F)cc2)CC1. The van der Waals surface area contributed by atoms with Crippen molar-refractivity contribution in [2.24, 2.45) is 0 Å². The molecule has 2 aromatic carbocycles. The van der Waals surface area contributed by atoms with Crippen molar-refractivity contribution in [3.63, 3.8) is 0 Å². The molecular weight excluding hydrogens is 378 g/mol. The molecule has 28 heavy (non-hydrogen) atoms. The summed E-state index contributed by atoms with van der Waals surface area (Å²) in [5.74, 6) is -2.14. The number of rotatable bonds is 2. The van der Waals surface area contributed by atoms with Crippen molar-refractivity contribution in [1.29, 1.82) is 0 Å². The van der Waals surface area contributed by atoms with E-state index in [-0.39, 0.29) is 24.6 Å². The Hall–Kier alpha value is -3.10. The number of alkyl halides is 3. The third-order valence-corrected chi connectivity index (χ3v) is 4.40. The van der Waals surface area contributed by atoms with Gasteiger partial charge >= 0.3 is 18.0 Å². The number of nitrogens with one attached hydrogen (secondary N) is 1. The van der Waals surface area contributed by atoms with Crippen LogP contribution in [0.4, 0.5) is 28.9 Å². The maximum absolute atomic E-state index is 13.0. The lowest BCUT2D eigenvalue weighted by molar-refractivity contribution is -0.143. The Labute approximate surface area is 158 Å². The average Bonchev–Trinajstić information content (AvgIpc) is 2.68. The molecule has 0 unspecified atom stereocenters. The zero-order chi connectivity index (χ0) is 20.3. The van der Waals surface area contributed by atoms with E-state index in [1.54, 1.807) is 12.1 Å². The fourth-order valence-corrected chi connectivity index (χ4v) is 2.92. The Morgan fingerprint density at radius 3 is 2.18 bits per heavy atom. The molecule has 1 aliphatic rings. The highest BCUT2D eigenvalue weighted by molar-refractivity contribution is 6.39. The smallest absolute Gasteiger partial charge is 0.368 e. The molecule has 5 nitrogen and oxygen atoms in total. The number of amides is 2. The van der Waals surface area contributed by atoms with Gasteiger partial charge in [0.15, 0.2) is 0 Å². The van der Waals surface area contributed by atoms with Gasteiger partial charge in [-0.1, -0.05) is 6.07 Å². The first kappa shape index (κ1) is 19.7. The fraction of sp³-hybridized carbons (Fsp3) is 0.263. The number of benzene rings is 2. The normalized spacial score (nSPS) is 14.7. The van der Waals surface area contributed by atoms with Gasteiger partial charge in [-0.05, 0) is 42.5 Å². The maximum atomic E-state index is 13.0. The molecule has 0 spiro atoms. The molecule has 0 radical (unpaired) electrons. The van der Waals surface area contributed by atoms with E-state index in [4.69, 9.17) is 0 Å². The minimum absolute atomic E-state index is 0.0990. The first-order chi connectivity index (χ1) is 13.2. The number of halogens is 4. The fourth-order valence-electron chi connectivity index (χ4n) is 2.92. The highest BCUT2D eigenvalue weighted by atomic mass is 19.4. The van der Waals surface area contributed by atoms with Crippen molar-refractivity contribution in [3.05, 3.63) is 59.9 Å². The van der Waals surface area contributed by atoms with Gasteiger partial charge < -0.3 is 15.1 Å². The van der Waals surface area contributed by atoms with Crippen LogP contribution in [0.5, 0.6) is 0 Å². The van der Waals surface area contributed by atoms with Crippen LogP contribution in [0.25, 0.3) is 0 Å². The molecule has 1 aliphatic heterocycles. The predicted molar refractivity (Wildman–Crippen MR) is 95.3 cm³/mol. The zero-order valence-corrected chi connectivity index (χ0v) is 14.7. The number of hydrogen-bond acceptors (Lipinski definition) is 3. The van der Waals surface area contributed by atoms with Crippen molar-refractivity contribution < 1.29 is 27.2 Å². The molecule has 1 saturated heterocycles. The van der Waals surface area contributed by atoms with Gasteiger partial charge in [-0.3, -0.25) is 9.59 Å². The standard InChI is InChI=1S/C19H17F4N3O2/c20-14-4-6-16(7-5-14)25-8-10-26(11-9-25)18(28)17(27)24-15-3-1-2-13(12-15)19(21,22)23/h1-7,12H,8-11H2,(H,24,27). The molecule has 0 aromatic heterocycles. The number of carbonyl (C=O) groups is 2. The van der Waals surface area contributed by atoms with Crippen molar-refractivity contribution in [2.45, 2.75) is 6.18 Å². The van der Waals surface area contributed by atoms with Gasteiger partial charge in [0.05, 0.1) is 5.56 Å². The summed E-state index contributed by atoms with van der Waals surface area (Å²) in [6.45, 7) is 1.45. The van der Waals surface area contributed by atoms with Crippen LogP contribution in [-0.2, 0) is 15.8 Å². The van der Waals surface area contributed by atoms with Gasteiger partial charge in [-0.2, -0.15) is 13.2 Å². The first-order valence-electron chi connectivity index (χ1n) is 8.52. The summed E-state index contributed by atoms with van der Waals surface area (Å²) in [7, 11) is 0. The number of nitrogens with zero attached hydrogens (tertiary/aromatic N) is 2. The van der Waals surface area contributed by atoms with E-state index in [0.717, 1.165) is 23.9 Å². The van der Waals surface area contributed by atoms with Gasteiger partial charge in [0.1, 0.15) is 5.82 Å². The van der Waals surface area contributed by atoms with Crippen molar-refractivity contribution in [1.82, 2.24) is 4.90 Å². The summed E-state index contributed by atoms with van der Waals surface area (Å²) >= 11 is 0. The van der Waals surface area contributed by atoms with Crippen LogP contribution < -0.4 is 10.2 Å². The van der Waals surface area contributed by atoms with Crippen molar-refractivity contribution in [3.8, 4) is 0 Å². The number of hydrogen-bond donors (Lipinski definition) is 1. The highest BCUT2D eigenvalue weighted by Crippen LogP contribution is 2.30. The molecule has 0 saturated carbocycles. The molecule has 3 rings (SSSR count). The highest BCUT2D eigenvalue weighted by Gasteiger charge is 2.31.